The third-order valence-electron chi connectivity index (χ3n) is 3.46. The molecule has 0 saturated heterocycles. The molecule has 1 saturated carbocycles. The van der Waals surface area contributed by atoms with Crippen LogP contribution in [0.1, 0.15) is 44.9 Å². The Morgan fingerprint density at radius 3 is 2.57 bits per heavy atom. The molecule has 1 aromatic heterocycles. The summed E-state index contributed by atoms with van der Waals surface area (Å²) in [5.41, 5.74) is 0. The summed E-state index contributed by atoms with van der Waals surface area (Å²) in [4.78, 5) is 20.9. The number of hydrogen-bond donors (Lipinski definition) is 2. The molecule has 2 N–H and O–H groups in total. The number of ether oxygens (including phenoxy) is 1. The van der Waals surface area contributed by atoms with E-state index in [9.17, 15) is 4.79 Å². The van der Waals surface area contributed by atoms with E-state index in [0.717, 1.165) is 24.5 Å². The molecule has 1 unspecified atom stereocenters. The molecule has 1 fully saturated rings. The van der Waals surface area contributed by atoms with Crippen LogP contribution in [-0.2, 0) is 9.53 Å². The van der Waals surface area contributed by atoms with E-state index in [4.69, 9.17) is 4.74 Å². The van der Waals surface area contributed by atoms with Crippen LogP contribution in [0, 0.1) is 5.92 Å². The zero-order chi connectivity index (χ0) is 15.4. The minimum atomic E-state index is -0.387. The predicted molar refractivity (Wildman–Crippen MR) is 82.4 cm³/mol. The maximum absolute atomic E-state index is 11.9. The molecule has 0 radical (unpaired) electrons. The number of carbonyl (C=O) groups is 1. The number of carbonyl (C=O) groups excluding carboxylic acids is 1. The normalized spacial score (nSPS) is 15.7. The molecular formula is C15H24N4O2. The third kappa shape index (κ3) is 4.31. The van der Waals surface area contributed by atoms with E-state index in [1.807, 2.05) is 13.1 Å². The van der Waals surface area contributed by atoms with Gasteiger partial charge in [0.05, 0.1) is 7.11 Å². The first-order valence-electron chi connectivity index (χ1n) is 7.44. The molecule has 1 heterocycles. The van der Waals surface area contributed by atoms with Gasteiger partial charge >= 0.3 is 5.97 Å². The van der Waals surface area contributed by atoms with Gasteiger partial charge in [-0.15, -0.1) is 0 Å². The Morgan fingerprint density at radius 1 is 1.38 bits per heavy atom. The molecular weight excluding hydrogens is 268 g/mol. The second-order valence-corrected chi connectivity index (χ2v) is 5.87. The second kappa shape index (κ2) is 6.74. The predicted octanol–water partition coefficient (Wildman–Crippen LogP) is 2.40. The minimum absolute atomic E-state index is 0.263. The molecule has 6 nitrogen and oxygen atoms in total. The Morgan fingerprint density at radius 2 is 2.05 bits per heavy atom. The number of nitrogens with one attached hydrogen (secondary N) is 2. The maximum atomic E-state index is 11.9. The number of anilines is 2. The van der Waals surface area contributed by atoms with Crippen molar-refractivity contribution in [3.63, 3.8) is 0 Å². The number of hydrogen-bond acceptors (Lipinski definition) is 6. The van der Waals surface area contributed by atoms with Gasteiger partial charge in [0.1, 0.15) is 23.5 Å². The average Bonchev–Trinajstić information content (AvgIpc) is 3.29. The highest BCUT2D eigenvalue weighted by Crippen LogP contribution is 2.38. The van der Waals surface area contributed by atoms with Gasteiger partial charge < -0.3 is 15.4 Å². The average molecular weight is 292 g/mol. The first kappa shape index (κ1) is 15.5. The van der Waals surface area contributed by atoms with Crippen molar-refractivity contribution >= 4 is 17.6 Å². The van der Waals surface area contributed by atoms with Crippen molar-refractivity contribution in [2.45, 2.75) is 45.1 Å². The Balaban J connectivity index is 2.18. The van der Waals surface area contributed by atoms with Crippen molar-refractivity contribution in [3.05, 3.63) is 11.9 Å². The van der Waals surface area contributed by atoms with Crippen LogP contribution >= 0.6 is 0 Å². The van der Waals surface area contributed by atoms with Crippen LogP contribution in [0.3, 0.4) is 0 Å². The number of nitrogens with zero attached hydrogens (tertiary/aromatic N) is 2. The van der Waals surface area contributed by atoms with Crippen LogP contribution in [0.25, 0.3) is 0 Å². The molecule has 1 aliphatic carbocycles. The third-order valence-corrected chi connectivity index (χ3v) is 3.46. The highest BCUT2D eigenvalue weighted by Gasteiger charge is 2.28. The lowest BCUT2D eigenvalue weighted by atomic mass is 10.0. The molecule has 0 amide bonds. The van der Waals surface area contributed by atoms with Gasteiger partial charge in [0.25, 0.3) is 0 Å². The SMILES string of the molecule is CNc1cc(NC(CC(C)C)C(=O)OC)nc(C2CC2)n1. The fourth-order valence-corrected chi connectivity index (χ4v) is 2.20. The highest BCUT2D eigenvalue weighted by atomic mass is 16.5. The molecule has 6 heteroatoms. The van der Waals surface area contributed by atoms with Crippen LogP contribution in [0.2, 0.25) is 0 Å². The zero-order valence-corrected chi connectivity index (χ0v) is 13.1. The summed E-state index contributed by atoms with van der Waals surface area (Å²) in [5, 5.41) is 6.23. The van der Waals surface area contributed by atoms with Gasteiger partial charge in [-0.05, 0) is 25.2 Å². The second-order valence-electron chi connectivity index (χ2n) is 5.87. The highest BCUT2D eigenvalue weighted by molar-refractivity contribution is 5.79. The maximum Gasteiger partial charge on any atom is 0.328 e. The molecule has 0 aliphatic heterocycles. The van der Waals surface area contributed by atoms with Gasteiger partial charge in [-0.1, -0.05) is 13.8 Å². The Kier molecular flexibility index (Phi) is 4.98. The summed E-state index contributed by atoms with van der Waals surface area (Å²) >= 11 is 0. The largest absolute Gasteiger partial charge is 0.467 e. The van der Waals surface area contributed by atoms with Crippen LogP contribution in [0.15, 0.2) is 6.07 Å². The van der Waals surface area contributed by atoms with Gasteiger partial charge in [0.2, 0.25) is 0 Å². The summed E-state index contributed by atoms with van der Waals surface area (Å²) in [7, 11) is 3.24. The van der Waals surface area contributed by atoms with E-state index in [0.29, 0.717) is 24.1 Å². The van der Waals surface area contributed by atoms with Crippen molar-refractivity contribution in [3.8, 4) is 0 Å². The lowest BCUT2D eigenvalue weighted by Crippen LogP contribution is -2.32. The number of aromatic nitrogens is 2. The minimum Gasteiger partial charge on any atom is -0.467 e. The summed E-state index contributed by atoms with van der Waals surface area (Å²) in [6, 6.07) is 1.43. The Hall–Kier alpha value is -1.85. The van der Waals surface area contributed by atoms with Gasteiger partial charge in [-0.2, -0.15) is 0 Å². The molecule has 0 spiro atoms. The monoisotopic (exact) mass is 292 g/mol. The zero-order valence-electron chi connectivity index (χ0n) is 13.1. The van der Waals surface area contributed by atoms with Crippen LogP contribution < -0.4 is 10.6 Å². The quantitative estimate of drug-likeness (QED) is 0.752. The van der Waals surface area contributed by atoms with Gasteiger partial charge in [0, 0.05) is 19.0 Å². The van der Waals surface area contributed by atoms with E-state index in [2.05, 4.69) is 34.4 Å². The van der Waals surface area contributed by atoms with Crippen molar-refractivity contribution in [2.24, 2.45) is 5.92 Å². The van der Waals surface area contributed by atoms with Crippen molar-refractivity contribution in [1.29, 1.82) is 0 Å². The first-order valence-corrected chi connectivity index (χ1v) is 7.44. The molecule has 0 bridgehead atoms. The van der Waals surface area contributed by atoms with Crippen LogP contribution in [0.5, 0.6) is 0 Å². The summed E-state index contributed by atoms with van der Waals surface area (Å²) < 4.78 is 4.87. The number of methoxy groups -OCH3 is 1. The molecule has 1 atom stereocenters. The van der Waals surface area contributed by atoms with Crippen LogP contribution in [0.4, 0.5) is 11.6 Å². The van der Waals surface area contributed by atoms with Crippen molar-refractivity contribution in [2.75, 3.05) is 24.8 Å². The van der Waals surface area contributed by atoms with E-state index >= 15 is 0 Å². The lowest BCUT2D eigenvalue weighted by Gasteiger charge is -2.19. The summed E-state index contributed by atoms with van der Waals surface area (Å²) in [5.74, 6) is 2.87. The van der Waals surface area contributed by atoms with Gasteiger partial charge in [0.15, 0.2) is 0 Å². The summed E-state index contributed by atoms with van der Waals surface area (Å²) in [6.07, 6.45) is 2.97. The molecule has 21 heavy (non-hydrogen) atoms. The smallest absolute Gasteiger partial charge is 0.328 e. The standard InChI is InChI=1S/C15H24N4O2/c1-9(2)7-11(15(20)21-4)17-13-8-12(16-3)18-14(19-13)10-5-6-10/h8-11H,5-7H2,1-4H3,(H2,16,17,18,19). The van der Waals surface area contributed by atoms with E-state index in [1.165, 1.54) is 7.11 Å². The van der Waals surface area contributed by atoms with Crippen LogP contribution in [-0.4, -0.2) is 36.1 Å². The van der Waals surface area contributed by atoms with Gasteiger partial charge in [-0.3, -0.25) is 0 Å². The first-order chi connectivity index (χ1) is 10.0. The molecule has 0 aromatic carbocycles. The molecule has 1 aliphatic rings. The van der Waals surface area contributed by atoms with E-state index < -0.39 is 0 Å². The van der Waals surface area contributed by atoms with Gasteiger partial charge in [-0.25, -0.2) is 14.8 Å². The Bertz CT molecular complexity index is 500. The molecule has 2 rings (SSSR count). The summed E-state index contributed by atoms with van der Waals surface area (Å²) in [6.45, 7) is 4.15. The topological polar surface area (TPSA) is 76.1 Å². The van der Waals surface area contributed by atoms with E-state index in [1.54, 1.807) is 0 Å². The fraction of sp³-hybridized carbons (Fsp3) is 0.667. The van der Waals surface area contributed by atoms with Crippen molar-refractivity contribution < 1.29 is 9.53 Å². The van der Waals surface area contributed by atoms with E-state index in [-0.39, 0.29) is 12.0 Å². The Labute approximate surface area is 125 Å². The molecule has 1 aromatic rings. The lowest BCUT2D eigenvalue weighted by molar-refractivity contribution is -0.141. The fourth-order valence-electron chi connectivity index (χ4n) is 2.20. The molecule has 116 valence electrons. The van der Waals surface area contributed by atoms with Crippen molar-refractivity contribution in [1.82, 2.24) is 9.97 Å². The number of rotatable bonds is 7. The number of esters is 1.